The molecule has 0 radical (unpaired) electrons. The van der Waals surface area contributed by atoms with Crippen molar-refractivity contribution in [2.75, 3.05) is 6.61 Å². The number of aliphatic hydroxyl groups is 1. The number of aliphatic hydroxyl groups excluding tert-OH is 1. The molecule has 2 N–H and O–H groups in total. The summed E-state index contributed by atoms with van der Waals surface area (Å²) in [5, 5.41) is 19.9. The van der Waals surface area contributed by atoms with Gasteiger partial charge in [0.2, 0.25) is 0 Å². The number of ether oxygens (including phenoxy) is 2. The molecule has 3 aromatic rings. The second kappa shape index (κ2) is 12.3. The molecule has 0 saturated heterocycles. The van der Waals surface area contributed by atoms with Crippen molar-refractivity contribution in [1.82, 2.24) is 0 Å². The van der Waals surface area contributed by atoms with E-state index in [1.807, 2.05) is 60.7 Å². The van der Waals surface area contributed by atoms with E-state index < -0.39 is 36.0 Å². The molecule has 192 valence electrons. The number of carbonyl (C=O) groups is 3. The summed E-state index contributed by atoms with van der Waals surface area (Å²) >= 11 is 0. The van der Waals surface area contributed by atoms with Gasteiger partial charge in [0.25, 0.3) is 0 Å². The number of carboxylic acid groups (broad SMARTS) is 1. The Bertz CT molecular complexity index is 1190. The summed E-state index contributed by atoms with van der Waals surface area (Å²) < 4.78 is 11.3. The van der Waals surface area contributed by atoms with Crippen LogP contribution in [0.1, 0.15) is 36.0 Å². The van der Waals surface area contributed by atoms with E-state index in [0.717, 1.165) is 11.1 Å². The van der Waals surface area contributed by atoms with Crippen LogP contribution in [0.15, 0.2) is 84.9 Å². The van der Waals surface area contributed by atoms with E-state index >= 15 is 0 Å². The maximum atomic E-state index is 12.9. The van der Waals surface area contributed by atoms with Crippen molar-refractivity contribution < 1.29 is 34.1 Å². The molecule has 4 rings (SSSR count). The number of esters is 1. The first-order chi connectivity index (χ1) is 17.9. The molecule has 0 amide bonds. The zero-order valence-corrected chi connectivity index (χ0v) is 20.4. The first kappa shape index (κ1) is 26.1. The van der Waals surface area contributed by atoms with Crippen molar-refractivity contribution in [3.63, 3.8) is 0 Å². The highest BCUT2D eigenvalue weighted by molar-refractivity contribution is 5.90. The third kappa shape index (κ3) is 7.05. The third-order valence-corrected chi connectivity index (χ3v) is 6.79. The largest absolute Gasteiger partial charge is 0.486 e. The van der Waals surface area contributed by atoms with Crippen molar-refractivity contribution >= 4 is 17.7 Å². The van der Waals surface area contributed by atoms with Gasteiger partial charge in [0.15, 0.2) is 5.78 Å². The van der Waals surface area contributed by atoms with E-state index in [0.29, 0.717) is 11.3 Å². The summed E-state index contributed by atoms with van der Waals surface area (Å²) in [7, 11) is 0. The first-order valence-electron chi connectivity index (χ1n) is 12.4. The Morgan fingerprint density at radius 2 is 1.43 bits per heavy atom. The molecule has 0 heterocycles. The number of para-hydroxylation sites is 1. The number of hydrogen-bond acceptors (Lipinski definition) is 6. The summed E-state index contributed by atoms with van der Waals surface area (Å²) in [5.74, 6) is -2.23. The van der Waals surface area contributed by atoms with E-state index in [1.165, 1.54) is 0 Å². The summed E-state index contributed by atoms with van der Waals surface area (Å²) in [4.78, 5) is 36.8. The topological polar surface area (TPSA) is 110 Å². The van der Waals surface area contributed by atoms with Crippen LogP contribution in [0.2, 0.25) is 0 Å². The van der Waals surface area contributed by atoms with Gasteiger partial charge in [-0.05, 0) is 41.8 Å². The number of carbonyl (C=O) groups excluding carboxylic acids is 2. The molecule has 0 aromatic heterocycles. The summed E-state index contributed by atoms with van der Waals surface area (Å²) in [5.41, 5.74) is 2.35. The number of Topliss-reactive ketones (excluding diaryl/α,β-unsaturated/α-hetero) is 1. The molecular formula is C30H30O7. The number of ketones is 1. The molecule has 0 spiro atoms. The lowest BCUT2D eigenvalue weighted by atomic mass is 9.86. The van der Waals surface area contributed by atoms with Gasteiger partial charge in [-0.1, -0.05) is 60.7 Å². The number of rotatable bonds is 11. The van der Waals surface area contributed by atoms with Gasteiger partial charge in [-0.25, -0.2) is 4.79 Å². The van der Waals surface area contributed by atoms with Gasteiger partial charge in [0, 0.05) is 24.7 Å². The fourth-order valence-electron chi connectivity index (χ4n) is 4.89. The van der Waals surface area contributed by atoms with E-state index in [1.54, 1.807) is 24.3 Å². The van der Waals surface area contributed by atoms with Crippen molar-refractivity contribution in [2.24, 2.45) is 11.8 Å². The lowest BCUT2D eigenvalue weighted by molar-refractivity contribution is -0.139. The molecule has 1 aliphatic rings. The van der Waals surface area contributed by atoms with Crippen LogP contribution in [-0.2, 0) is 14.3 Å². The molecule has 7 heteroatoms. The van der Waals surface area contributed by atoms with E-state index in [9.17, 15) is 24.6 Å². The van der Waals surface area contributed by atoms with Crippen molar-refractivity contribution in [3.8, 4) is 16.9 Å². The van der Waals surface area contributed by atoms with Crippen LogP contribution in [0, 0.1) is 11.8 Å². The third-order valence-electron chi connectivity index (χ3n) is 6.79. The molecule has 1 aliphatic carbocycles. The maximum Gasteiger partial charge on any atom is 0.338 e. The first-order valence-corrected chi connectivity index (χ1v) is 12.4. The van der Waals surface area contributed by atoms with Crippen LogP contribution in [0.3, 0.4) is 0 Å². The minimum Gasteiger partial charge on any atom is -0.486 e. The lowest BCUT2D eigenvalue weighted by Crippen LogP contribution is -2.28. The van der Waals surface area contributed by atoms with E-state index in [4.69, 9.17) is 9.47 Å². The number of aliphatic carboxylic acids is 1. The van der Waals surface area contributed by atoms with Crippen LogP contribution in [0.5, 0.6) is 5.75 Å². The Balaban J connectivity index is 1.39. The predicted octanol–water partition coefficient (Wildman–Crippen LogP) is 4.78. The fourth-order valence-corrected chi connectivity index (χ4v) is 4.89. The monoisotopic (exact) mass is 502 g/mol. The Morgan fingerprint density at radius 3 is 2.08 bits per heavy atom. The predicted molar refractivity (Wildman–Crippen MR) is 137 cm³/mol. The molecule has 0 aliphatic heterocycles. The molecule has 4 atom stereocenters. The van der Waals surface area contributed by atoms with Gasteiger partial charge in [0.05, 0.1) is 18.1 Å². The standard InChI is InChI=1S/C30H30O7/c31-23(19-36-24-9-5-2-6-10-24)15-16-25-26(17-29(33)34)27(32)18-28(25)37-30(35)22-13-11-21(12-14-22)20-7-3-1-4-8-20/h1-14,25-28,32H,15-19H2,(H,33,34)/t25-,26-,27+,28-/m0/s1. The Labute approximate surface area is 215 Å². The molecule has 0 bridgehead atoms. The lowest BCUT2D eigenvalue weighted by Gasteiger charge is -2.24. The minimum atomic E-state index is -1.05. The van der Waals surface area contributed by atoms with Crippen LogP contribution in [0.4, 0.5) is 0 Å². The summed E-state index contributed by atoms with van der Waals surface area (Å²) in [6.07, 6.45) is -1.35. The molecule has 7 nitrogen and oxygen atoms in total. The second-order valence-corrected chi connectivity index (χ2v) is 9.29. The average molecular weight is 503 g/mol. The molecule has 0 unspecified atom stereocenters. The summed E-state index contributed by atoms with van der Waals surface area (Å²) in [6.45, 7) is -0.110. The molecule has 37 heavy (non-hydrogen) atoms. The smallest absolute Gasteiger partial charge is 0.338 e. The van der Waals surface area contributed by atoms with Crippen molar-refractivity contribution in [1.29, 1.82) is 0 Å². The Kier molecular flexibility index (Phi) is 8.69. The second-order valence-electron chi connectivity index (χ2n) is 9.29. The van der Waals surface area contributed by atoms with Crippen LogP contribution < -0.4 is 4.74 Å². The Hall–Kier alpha value is -3.97. The molecular weight excluding hydrogens is 472 g/mol. The van der Waals surface area contributed by atoms with Crippen LogP contribution in [0.25, 0.3) is 11.1 Å². The highest BCUT2D eigenvalue weighted by Gasteiger charge is 2.45. The Morgan fingerprint density at radius 1 is 0.811 bits per heavy atom. The van der Waals surface area contributed by atoms with E-state index in [-0.39, 0.29) is 38.1 Å². The SMILES string of the molecule is O=C(O)C[C@H]1[C@H](CCC(=O)COc2ccccc2)[C@@H](OC(=O)c2ccc(-c3ccccc3)cc2)C[C@H]1O. The fraction of sp³-hybridized carbons (Fsp3) is 0.300. The van der Waals surface area contributed by atoms with Crippen molar-refractivity contribution in [2.45, 2.75) is 37.9 Å². The van der Waals surface area contributed by atoms with Crippen LogP contribution in [-0.4, -0.2) is 46.7 Å². The van der Waals surface area contributed by atoms with Crippen molar-refractivity contribution in [3.05, 3.63) is 90.5 Å². The quantitative estimate of drug-likeness (QED) is 0.363. The number of carboxylic acids is 1. The average Bonchev–Trinajstić information content (AvgIpc) is 3.20. The normalized spacial score (nSPS) is 20.8. The minimum absolute atomic E-state index is 0.110. The summed E-state index contributed by atoms with van der Waals surface area (Å²) in [6, 6.07) is 25.8. The highest BCUT2D eigenvalue weighted by Crippen LogP contribution is 2.40. The molecule has 1 fully saturated rings. The van der Waals surface area contributed by atoms with Gasteiger partial charge >= 0.3 is 11.9 Å². The van der Waals surface area contributed by atoms with Gasteiger partial charge in [-0.15, -0.1) is 0 Å². The van der Waals surface area contributed by atoms with Gasteiger partial charge in [0.1, 0.15) is 18.5 Å². The molecule has 1 saturated carbocycles. The highest BCUT2D eigenvalue weighted by atomic mass is 16.5. The number of hydrogen-bond donors (Lipinski definition) is 2. The number of benzene rings is 3. The van der Waals surface area contributed by atoms with Gasteiger partial charge in [-0.2, -0.15) is 0 Å². The van der Waals surface area contributed by atoms with E-state index in [2.05, 4.69) is 0 Å². The molecule has 3 aromatic carbocycles. The maximum absolute atomic E-state index is 12.9. The van der Waals surface area contributed by atoms with Crippen LogP contribution >= 0.6 is 0 Å². The zero-order valence-electron chi connectivity index (χ0n) is 20.4. The van der Waals surface area contributed by atoms with Gasteiger partial charge in [-0.3, -0.25) is 9.59 Å². The van der Waals surface area contributed by atoms with Gasteiger partial charge < -0.3 is 19.7 Å². The zero-order chi connectivity index (χ0) is 26.2.